The van der Waals surface area contributed by atoms with Crippen LogP contribution in [-0.2, 0) is 25.5 Å². The number of aromatic nitrogens is 2. The number of methoxy groups -OCH3 is 2. The van der Waals surface area contributed by atoms with Crippen molar-refractivity contribution in [3.05, 3.63) is 53.4 Å². The van der Waals surface area contributed by atoms with Gasteiger partial charge in [0, 0.05) is 18.7 Å². The number of rotatable bonds is 5. The number of carbonyl (C=O) groups excluding carboxylic acids is 3. The van der Waals surface area contributed by atoms with E-state index in [0.29, 0.717) is 24.2 Å². The molecule has 0 bridgehead atoms. The van der Waals surface area contributed by atoms with Gasteiger partial charge in [0.25, 0.3) is 0 Å². The highest BCUT2D eigenvalue weighted by Gasteiger charge is 2.36. The molecule has 29 heavy (non-hydrogen) atoms. The second-order valence-corrected chi connectivity index (χ2v) is 6.47. The first-order valence-electron chi connectivity index (χ1n) is 8.94. The summed E-state index contributed by atoms with van der Waals surface area (Å²) < 4.78 is 23.1. The molecule has 2 atom stereocenters. The second-order valence-electron chi connectivity index (χ2n) is 6.47. The topological polar surface area (TPSA) is 114 Å². The molecule has 0 radical (unpaired) electrons. The number of ether oxygens (including phenoxy) is 2. The third-order valence-corrected chi connectivity index (χ3v) is 4.73. The standard InChI is InChI=1S/C19H21FN4O5/c1-28-15(25)9-14(18(26)29-2)23-19(27)24-7-6-13-16(22-10-21-13)17(24)11-4-3-5-12(20)8-11/h3-5,8,10,14,17H,6-7,9H2,1-2H3,(H,21,22)(H,23,27)/t14-,17-/m0/s1. The van der Waals surface area contributed by atoms with Gasteiger partial charge in [-0.2, -0.15) is 0 Å². The largest absolute Gasteiger partial charge is 0.469 e. The zero-order valence-corrected chi connectivity index (χ0v) is 16.0. The second kappa shape index (κ2) is 8.72. The molecule has 2 amide bonds. The lowest BCUT2D eigenvalue weighted by Crippen LogP contribution is -2.52. The normalized spacial score (nSPS) is 16.5. The molecule has 0 saturated carbocycles. The van der Waals surface area contributed by atoms with Crippen molar-refractivity contribution in [2.45, 2.75) is 24.9 Å². The van der Waals surface area contributed by atoms with Crippen molar-refractivity contribution < 1.29 is 28.2 Å². The Morgan fingerprint density at radius 3 is 2.83 bits per heavy atom. The van der Waals surface area contributed by atoms with Crippen molar-refractivity contribution in [3.63, 3.8) is 0 Å². The van der Waals surface area contributed by atoms with E-state index in [2.05, 4.69) is 24.8 Å². The lowest BCUT2D eigenvalue weighted by atomic mass is 9.96. The minimum atomic E-state index is -1.21. The fraction of sp³-hybridized carbons (Fsp3) is 0.368. The number of benzene rings is 1. The SMILES string of the molecule is COC(=O)C[C@H](NC(=O)N1CCc2[nH]cnc2[C@@H]1c1cccc(F)c1)C(=O)OC. The maximum Gasteiger partial charge on any atom is 0.329 e. The minimum Gasteiger partial charge on any atom is -0.469 e. The number of urea groups is 1. The highest BCUT2D eigenvalue weighted by Crippen LogP contribution is 2.33. The van der Waals surface area contributed by atoms with Gasteiger partial charge in [0.1, 0.15) is 17.9 Å². The number of halogens is 1. The van der Waals surface area contributed by atoms with E-state index in [1.807, 2.05) is 0 Å². The molecule has 1 aromatic carbocycles. The van der Waals surface area contributed by atoms with Crippen LogP contribution in [0.3, 0.4) is 0 Å². The molecule has 2 heterocycles. The number of H-pyrrole nitrogens is 1. The zero-order valence-electron chi connectivity index (χ0n) is 16.0. The van der Waals surface area contributed by atoms with E-state index in [9.17, 15) is 18.8 Å². The van der Waals surface area contributed by atoms with E-state index in [-0.39, 0.29) is 6.42 Å². The summed E-state index contributed by atoms with van der Waals surface area (Å²) in [5.41, 5.74) is 1.98. The summed E-state index contributed by atoms with van der Waals surface area (Å²) in [7, 11) is 2.34. The molecule has 0 spiro atoms. The van der Waals surface area contributed by atoms with Crippen molar-refractivity contribution in [3.8, 4) is 0 Å². The summed E-state index contributed by atoms with van der Waals surface area (Å²) in [5, 5.41) is 2.52. The number of aromatic amines is 1. The van der Waals surface area contributed by atoms with Gasteiger partial charge in [0.05, 0.1) is 32.7 Å². The smallest absolute Gasteiger partial charge is 0.329 e. The summed E-state index contributed by atoms with van der Waals surface area (Å²) in [4.78, 5) is 45.4. The molecular formula is C19H21FN4O5. The van der Waals surface area contributed by atoms with Crippen molar-refractivity contribution in [2.24, 2.45) is 0 Å². The van der Waals surface area contributed by atoms with E-state index in [0.717, 1.165) is 12.8 Å². The first kappa shape index (κ1) is 20.3. The number of imidazole rings is 1. The van der Waals surface area contributed by atoms with Crippen LogP contribution in [0.25, 0.3) is 0 Å². The molecule has 0 fully saturated rings. The molecular weight excluding hydrogens is 383 g/mol. The van der Waals surface area contributed by atoms with E-state index < -0.39 is 35.9 Å². The van der Waals surface area contributed by atoms with Crippen LogP contribution in [-0.4, -0.2) is 59.6 Å². The molecule has 10 heteroatoms. The maximum absolute atomic E-state index is 13.8. The molecule has 2 aromatic rings. The van der Waals surface area contributed by atoms with Gasteiger partial charge in [-0.1, -0.05) is 12.1 Å². The quantitative estimate of drug-likeness (QED) is 0.727. The number of hydrogen-bond donors (Lipinski definition) is 2. The van der Waals surface area contributed by atoms with Gasteiger partial charge in [0.15, 0.2) is 0 Å². The van der Waals surface area contributed by atoms with Gasteiger partial charge in [-0.3, -0.25) is 4.79 Å². The highest BCUT2D eigenvalue weighted by atomic mass is 19.1. The predicted octanol–water partition coefficient (Wildman–Crippen LogP) is 1.31. The molecule has 0 saturated heterocycles. The Morgan fingerprint density at radius 2 is 2.14 bits per heavy atom. The summed E-state index contributed by atoms with van der Waals surface area (Å²) in [6.07, 6.45) is 1.66. The van der Waals surface area contributed by atoms with E-state index in [4.69, 9.17) is 0 Å². The maximum atomic E-state index is 13.8. The lowest BCUT2D eigenvalue weighted by molar-refractivity contribution is -0.149. The van der Waals surface area contributed by atoms with Crippen LogP contribution in [0, 0.1) is 5.82 Å². The first-order chi connectivity index (χ1) is 13.9. The molecule has 1 aromatic heterocycles. The number of carbonyl (C=O) groups is 3. The van der Waals surface area contributed by atoms with Gasteiger partial charge < -0.3 is 24.7 Å². The van der Waals surface area contributed by atoms with Crippen LogP contribution in [0.15, 0.2) is 30.6 Å². The fourth-order valence-electron chi connectivity index (χ4n) is 3.33. The van der Waals surface area contributed by atoms with Gasteiger partial charge in [-0.15, -0.1) is 0 Å². The van der Waals surface area contributed by atoms with Gasteiger partial charge in [-0.25, -0.2) is 19.0 Å². The molecule has 9 nitrogen and oxygen atoms in total. The van der Waals surface area contributed by atoms with E-state index in [1.165, 1.54) is 30.5 Å². The highest BCUT2D eigenvalue weighted by molar-refractivity contribution is 5.87. The van der Waals surface area contributed by atoms with Crippen LogP contribution in [0.2, 0.25) is 0 Å². The Hall–Kier alpha value is -3.43. The zero-order chi connectivity index (χ0) is 21.0. The Labute approximate surface area is 166 Å². The Kier molecular flexibility index (Phi) is 6.10. The number of nitrogens with zero attached hydrogens (tertiary/aromatic N) is 2. The minimum absolute atomic E-state index is 0.300. The van der Waals surface area contributed by atoms with Crippen molar-refractivity contribution in [1.29, 1.82) is 0 Å². The number of fused-ring (bicyclic) bond motifs is 1. The molecule has 2 N–H and O–H groups in total. The molecule has 1 aliphatic rings. The monoisotopic (exact) mass is 404 g/mol. The lowest BCUT2D eigenvalue weighted by Gasteiger charge is -2.36. The van der Waals surface area contributed by atoms with Crippen LogP contribution in [0.5, 0.6) is 0 Å². The van der Waals surface area contributed by atoms with Crippen molar-refractivity contribution >= 4 is 18.0 Å². The average Bonchev–Trinajstić information content (AvgIpc) is 3.20. The predicted molar refractivity (Wildman–Crippen MR) is 98.2 cm³/mol. The van der Waals surface area contributed by atoms with Gasteiger partial charge in [-0.05, 0) is 17.7 Å². The third-order valence-electron chi connectivity index (χ3n) is 4.73. The van der Waals surface area contributed by atoms with Crippen LogP contribution < -0.4 is 5.32 Å². The Morgan fingerprint density at radius 1 is 1.34 bits per heavy atom. The van der Waals surface area contributed by atoms with Crippen LogP contribution >= 0.6 is 0 Å². The summed E-state index contributed by atoms with van der Waals surface area (Å²) >= 11 is 0. The van der Waals surface area contributed by atoms with Crippen LogP contribution in [0.1, 0.15) is 29.4 Å². The molecule has 154 valence electrons. The van der Waals surface area contributed by atoms with Crippen LogP contribution in [0.4, 0.5) is 9.18 Å². The summed E-state index contributed by atoms with van der Waals surface area (Å²) in [6, 6.07) is 3.42. The van der Waals surface area contributed by atoms with Crippen molar-refractivity contribution in [1.82, 2.24) is 20.2 Å². The molecule has 3 rings (SSSR count). The van der Waals surface area contributed by atoms with E-state index in [1.54, 1.807) is 12.1 Å². The Balaban J connectivity index is 1.89. The Bertz CT molecular complexity index is 916. The summed E-state index contributed by atoms with van der Waals surface area (Å²) in [5.74, 6) is -1.89. The van der Waals surface area contributed by atoms with Gasteiger partial charge >= 0.3 is 18.0 Å². The number of amides is 2. The molecule has 0 aliphatic carbocycles. The number of esters is 2. The number of nitrogens with one attached hydrogen (secondary N) is 2. The summed E-state index contributed by atoms with van der Waals surface area (Å²) in [6.45, 7) is 0.300. The average molecular weight is 404 g/mol. The third kappa shape index (κ3) is 4.36. The van der Waals surface area contributed by atoms with E-state index >= 15 is 0 Å². The van der Waals surface area contributed by atoms with Gasteiger partial charge in [0.2, 0.25) is 0 Å². The number of hydrogen-bond acceptors (Lipinski definition) is 6. The van der Waals surface area contributed by atoms with Crippen molar-refractivity contribution in [2.75, 3.05) is 20.8 Å². The molecule has 1 aliphatic heterocycles. The first-order valence-corrected chi connectivity index (χ1v) is 8.94. The fourth-order valence-corrected chi connectivity index (χ4v) is 3.33. The molecule has 0 unspecified atom stereocenters.